The number of rotatable bonds is 5. The number of benzene rings is 1. The summed E-state index contributed by atoms with van der Waals surface area (Å²) >= 11 is 0. The Morgan fingerprint density at radius 1 is 1.26 bits per heavy atom. The molecule has 0 bridgehead atoms. The molecule has 104 valence electrons. The summed E-state index contributed by atoms with van der Waals surface area (Å²) in [5.74, 6) is -0.411. The molecule has 0 unspecified atom stereocenters. The Labute approximate surface area is 113 Å². The summed E-state index contributed by atoms with van der Waals surface area (Å²) in [6.45, 7) is 6.96. The Bertz CT molecular complexity index is 468. The molecule has 0 atom stereocenters. The van der Waals surface area contributed by atoms with E-state index in [1.807, 2.05) is 26.8 Å². The van der Waals surface area contributed by atoms with Crippen molar-refractivity contribution in [1.29, 1.82) is 0 Å². The quantitative estimate of drug-likeness (QED) is 0.783. The lowest BCUT2D eigenvalue weighted by molar-refractivity contribution is -0.129. The fourth-order valence-electron chi connectivity index (χ4n) is 1.81. The first-order chi connectivity index (χ1) is 8.99. The average Bonchev–Trinajstić information content (AvgIpc) is 2.40. The fraction of sp³-hybridized carbons (Fsp3) is 0.429. The molecule has 0 heterocycles. The highest BCUT2D eigenvalue weighted by molar-refractivity contribution is 6.00. The van der Waals surface area contributed by atoms with Crippen LogP contribution in [0, 0.1) is 6.92 Å². The molecular weight excluding hydrogens is 242 g/mol. The normalized spacial score (nSPS) is 10.1. The van der Waals surface area contributed by atoms with Crippen molar-refractivity contribution in [2.45, 2.75) is 20.8 Å². The van der Waals surface area contributed by atoms with E-state index >= 15 is 0 Å². The second-order valence-corrected chi connectivity index (χ2v) is 4.34. The minimum atomic E-state index is -0.318. The highest BCUT2D eigenvalue weighted by atomic mass is 16.2. The summed E-state index contributed by atoms with van der Waals surface area (Å²) in [6.07, 6.45) is 0. The minimum absolute atomic E-state index is 0.00606. The van der Waals surface area contributed by atoms with Crippen LogP contribution in [0.3, 0.4) is 0 Å². The number of carbonyl (C=O) groups is 2. The average molecular weight is 263 g/mol. The first-order valence-corrected chi connectivity index (χ1v) is 6.41. The van der Waals surface area contributed by atoms with Crippen molar-refractivity contribution in [3.63, 3.8) is 0 Å². The number of anilines is 1. The Morgan fingerprint density at radius 2 is 1.89 bits per heavy atom. The van der Waals surface area contributed by atoms with E-state index in [2.05, 4.69) is 5.32 Å². The molecule has 19 heavy (non-hydrogen) atoms. The van der Waals surface area contributed by atoms with Gasteiger partial charge in [-0.2, -0.15) is 0 Å². The number of hydrogen-bond acceptors (Lipinski definition) is 3. The molecule has 5 heteroatoms. The zero-order valence-electron chi connectivity index (χ0n) is 11.7. The highest BCUT2D eigenvalue weighted by Gasteiger charge is 2.13. The van der Waals surface area contributed by atoms with E-state index in [0.29, 0.717) is 24.3 Å². The SMILES string of the molecule is CCN(CC)C(=O)CNC(=O)c1cc(C)ccc1N. The van der Waals surface area contributed by atoms with Gasteiger partial charge in [-0.05, 0) is 32.9 Å². The zero-order valence-corrected chi connectivity index (χ0v) is 11.7. The molecule has 3 N–H and O–H groups in total. The predicted molar refractivity (Wildman–Crippen MR) is 75.9 cm³/mol. The highest BCUT2D eigenvalue weighted by Crippen LogP contribution is 2.13. The van der Waals surface area contributed by atoms with E-state index in [1.165, 1.54) is 0 Å². The van der Waals surface area contributed by atoms with Gasteiger partial charge in [-0.25, -0.2) is 0 Å². The van der Waals surface area contributed by atoms with Gasteiger partial charge in [-0.15, -0.1) is 0 Å². The number of likely N-dealkylation sites (N-methyl/N-ethyl adjacent to an activating group) is 1. The van der Waals surface area contributed by atoms with E-state index in [-0.39, 0.29) is 18.4 Å². The maximum atomic E-state index is 12.0. The number of nitrogen functional groups attached to an aromatic ring is 1. The van der Waals surface area contributed by atoms with Crippen LogP contribution in [0.25, 0.3) is 0 Å². The zero-order chi connectivity index (χ0) is 14.4. The van der Waals surface area contributed by atoms with Crippen LogP contribution in [0.1, 0.15) is 29.8 Å². The first kappa shape index (κ1) is 15.0. The van der Waals surface area contributed by atoms with Gasteiger partial charge >= 0.3 is 0 Å². The van der Waals surface area contributed by atoms with E-state index < -0.39 is 0 Å². The fourth-order valence-corrected chi connectivity index (χ4v) is 1.81. The van der Waals surface area contributed by atoms with E-state index in [9.17, 15) is 9.59 Å². The number of carbonyl (C=O) groups excluding carboxylic acids is 2. The third-order valence-electron chi connectivity index (χ3n) is 2.97. The Morgan fingerprint density at radius 3 is 2.47 bits per heavy atom. The molecule has 0 saturated carbocycles. The molecule has 0 aliphatic carbocycles. The Balaban J connectivity index is 2.65. The maximum absolute atomic E-state index is 12.0. The van der Waals surface area contributed by atoms with Crippen molar-refractivity contribution in [3.8, 4) is 0 Å². The van der Waals surface area contributed by atoms with Crippen LogP contribution in [0.15, 0.2) is 18.2 Å². The van der Waals surface area contributed by atoms with Crippen LogP contribution >= 0.6 is 0 Å². The molecule has 0 aromatic heterocycles. The van der Waals surface area contributed by atoms with Gasteiger partial charge in [0.05, 0.1) is 12.1 Å². The van der Waals surface area contributed by atoms with Crippen LogP contribution < -0.4 is 11.1 Å². The molecule has 0 spiro atoms. The molecule has 2 amide bonds. The van der Waals surface area contributed by atoms with Gasteiger partial charge in [0.15, 0.2) is 0 Å². The van der Waals surface area contributed by atoms with Gasteiger partial charge in [0.1, 0.15) is 0 Å². The second-order valence-electron chi connectivity index (χ2n) is 4.34. The Kier molecular flexibility index (Phi) is 5.36. The third kappa shape index (κ3) is 3.98. The lowest BCUT2D eigenvalue weighted by Gasteiger charge is -2.18. The van der Waals surface area contributed by atoms with E-state index in [1.54, 1.807) is 17.0 Å². The van der Waals surface area contributed by atoms with Crippen LogP contribution in [0.4, 0.5) is 5.69 Å². The van der Waals surface area contributed by atoms with Crippen LogP contribution in [0.2, 0.25) is 0 Å². The van der Waals surface area contributed by atoms with Gasteiger partial charge in [-0.1, -0.05) is 11.6 Å². The van der Waals surface area contributed by atoms with Gasteiger partial charge in [0, 0.05) is 18.8 Å². The number of amides is 2. The maximum Gasteiger partial charge on any atom is 0.253 e. The Hall–Kier alpha value is -2.04. The molecule has 0 saturated heterocycles. The van der Waals surface area contributed by atoms with Gasteiger partial charge < -0.3 is 16.0 Å². The van der Waals surface area contributed by atoms with Crippen molar-refractivity contribution in [2.75, 3.05) is 25.4 Å². The van der Waals surface area contributed by atoms with Crippen molar-refractivity contribution in [2.24, 2.45) is 0 Å². The van der Waals surface area contributed by atoms with E-state index in [0.717, 1.165) is 5.56 Å². The number of nitrogens with one attached hydrogen (secondary N) is 1. The molecule has 0 fully saturated rings. The standard InChI is InChI=1S/C14H21N3O2/c1-4-17(5-2)13(18)9-16-14(19)11-8-10(3)6-7-12(11)15/h6-8H,4-5,9,15H2,1-3H3,(H,16,19). The van der Waals surface area contributed by atoms with Crippen LogP contribution in [-0.4, -0.2) is 36.3 Å². The van der Waals surface area contributed by atoms with Crippen molar-refractivity contribution in [1.82, 2.24) is 10.2 Å². The number of hydrogen-bond donors (Lipinski definition) is 2. The third-order valence-corrected chi connectivity index (χ3v) is 2.97. The first-order valence-electron chi connectivity index (χ1n) is 6.41. The molecule has 0 aliphatic rings. The molecule has 1 rings (SSSR count). The molecule has 5 nitrogen and oxygen atoms in total. The van der Waals surface area contributed by atoms with Crippen LogP contribution in [0.5, 0.6) is 0 Å². The summed E-state index contributed by atoms with van der Waals surface area (Å²) < 4.78 is 0. The van der Waals surface area contributed by atoms with Gasteiger partial charge in [-0.3, -0.25) is 9.59 Å². The van der Waals surface area contributed by atoms with Crippen molar-refractivity contribution in [3.05, 3.63) is 29.3 Å². The topological polar surface area (TPSA) is 75.4 Å². The lowest BCUT2D eigenvalue weighted by atomic mass is 10.1. The monoisotopic (exact) mass is 263 g/mol. The molecule has 1 aromatic carbocycles. The predicted octanol–water partition coefficient (Wildman–Crippen LogP) is 1.18. The van der Waals surface area contributed by atoms with Crippen molar-refractivity contribution >= 4 is 17.5 Å². The van der Waals surface area contributed by atoms with Gasteiger partial charge in [0.2, 0.25) is 5.91 Å². The summed E-state index contributed by atoms with van der Waals surface area (Å²) in [6, 6.07) is 5.25. The summed E-state index contributed by atoms with van der Waals surface area (Å²) in [5.41, 5.74) is 7.53. The minimum Gasteiger partial charge on any atom is -0.398 e. The number of nitrogens with two attached hydrogens (primary N) is 1. The molecule has 0 radical (unpaired) electrons. The number of aryl methyl sites for hydroxylation is 1. The van der Waals surface area contributed by atoms with Crippen LogP contribution in [-0.2, 0) is 4.79 Å². The summed E-state index contributed by atoms with van der Waals surface area (Å²) in [5, 5.41) is 2.61. The molecule has 1 aromatic rings. The second kappa shape index (κ2) is 6.78. The lowest BCUT2D eigenvalue weighted by Crippen LogP contribution is -2.40. The smallest absolute Gasteiger partial charge is 0.253 e. The molecule has 0 aliphatic heterocycles. The summed E-state index contributed by atoms with van der Waals surface area (Å²) in [4.78, 5) is 25.4. The molecular formula is C14H21N3O2. The largest absolute Gasteiger partial charge is 0.398 e. The number of nitrogens with zero attached hydrogens (tertiary/aromatic N) is 1. The van der Waals surface area contributed by atoms with Gasteiger partial charge in [0.25, 0.3) is 5.91 Å². The van der Waals surface area contributed by atoms with E-state index in [4.69, 9.17) is 5.73 Å². The summed E-state index contributed by atoms with van der Waals surface area (Å²) in [7, 11) is 0. The van der Waals surface area contributed by atoms with Crippen molar-refractivity contribution < 1.29 is 9.59 Å².